The molecule has 7 nitrogen and oxygen atoms in total. The summed E-state index contributed by atoms with van der Waals surface area (Å²) in [5, 5.41) is 13.2. The zero-order chi connectivity index (χ0) is 19.2. The van der Waals surface area contributed by atoms with Crippen molar-refractivity contribution in [3.8, 4) is 29.0 Å². The Morgan fingerprint density at radius 1 is 1.30 bits per heavy atom. The van der Waals surface area contributed by atoms with Crippen LogP contribution in [0, 0.1) is 11.3 Å². The van der Waals surface area contributed by atoms with Crippen LogP contribution in [-0.2, 0) is 0 Å². The van der Waals surface area contributed by atoms with Gasteiger partial charge in [-0.3, -0.25) is 4.98 Å². The minimum Gasteiger partial charge on any atom is -0.493 e. The monoisotopic (exact) mass is 370 g/mol. The molecule has 0 saturated heterocycles. The highest BCUT2D eigenvalue weighted by molar-refractivity contribution is 5.86. The van der Waals surface area contributed by atoms with Crippen LogP contribution in [0.3, 0.4) is 0 Å². The van der Waals surface area contributed by atoms with Gasteiger partial charge in [-0.15, -0.1) is 0 Å². The highest BCUT2D eigenvalue weighted by Crippen LogP contribution is 2.33. The van der Waals surface area contributed by atoms with Gasteiger partial charge < -0.3 is 14.0 Å². The molecule has 0 radical (unpaired) electrons. The number of rotatable bonds is 6. The first-order valence-electron chi connectivity index (χ1n) is 7.60. The molecule has 2 heterocycles. The summed E-state index contributed by atoms with van der Waals surface area (Å²) in [4.78, 5) is 8.15. The summed E-state index contributed by atoms with van der Waals surface area (Å²) in [5.74, 6) is 0.155. The molecule has 3 rings (SSSR count). The van der Waals surface area contributed by atoms with Crippen molar-refractivity contribution in [2.75, 3.05) is 7.11 Å². The number of hydrogen-bond acceptors (Lipinski definition) is 7. The predicted octanol–water partition coefficient (Wildman–Crippen LogP) is 3.81. The van der Waals surface area contributed by atoms with E-state index in [0.29, 0.717) is 11.1 Å². The SMILES string of the molecule is COc1cc(-c2noc(/C(C#N)=C\c3cccnc3)n2)ccc1OC(F)F. The molecule has 0 atom stereocenters. The maximum atomic E-state index is 12.4. The first kappa shape index (κ1) is 18.0. The summed E-state index contributed by atoms with van der Waals surface area (Å²) in [6.45, 7) is -2.97. The molecular weight excluding hydrogens is 358 g/mol. The maximum Gasteiger partial charge on any atom is 0.387 e. The van der Waals surface area contributed by atoms with Gasteiger partial charge in [-0.05, 0) is 35.9 Å². The van der Waals surface area contributed by atoms with Crippen LogP contribution in [-0.4, -0.2) is 28.8 Å². The molecule has 0 aliphatic rings. The highest BCUT2D eigenvalue weighted by Gasteiger charge is 2.16. The number of alkyl halides is 2. The Hall–Kier alpha value is -3.80. The van der Waals surface area contributed by atoms with E-state index >= 15 is 0 Å². The smallest absolute Gasteiger partial charge is 0.387 e. The van der Waals surface area contributed by atoms with E-state index in [4.69, 9.17) is 9.26 Å². The van der Waals surface area contributed by atoms with E-state index in [1.165, 1.54) is 25.3 Å². The molecule has 0 aliphatic heterocycles. The van der Waals surface area contributed by atoms with Gasteiger partial charge in [0.05, 0.1) is 7.11 Å². The maximum absolute atomic E-state index is 12.4. The van der Waals surface area contributed by atoms with Gasteiger partial charge in [-0.1, -0.05) is 11.2 Å². The lowest BCUT2D eigenvalue weighted by atomic mass is 10.1. The summed E-state index contributed by atoms with van der Waals surface area (Å²) < 4.78 is 39.4. The van der Waals surface area contributed by atoms with E-state index in [0.717, 1.165) is 0 Å². The second-order valence-electron chi connectivity index (χ2n) is 5.12. The second-order valence-corrected chi connectivity index (χ2v) is 5.12. The van der Waals surface area contributed by atoms with Crippen LogP contribution in [0.5, 0.6) is 11.5 Å². The van der Waals surface area contributed by atoms with E-state index < -0.39 is 6.61 Å². The van der Waals surface area contributed by atoms with Crippen molar-refractivity contribution >= 4 is 11.6 Å². The van der Waals surface area contributed by atoms with Crippen molar-refractivity contribution < 1.29 is 22.8 Å². The van der Waals surface area contributed by atoms with Crippen molar-refractivity contribution in [1.82, 2.24) is 15.1 Å². The van der Waals surface area contributed by atoms with Gasteiger partial charge in [-0.2, -0.15) is 19.0 Å². The summed E-state index contributed by atoms with van der Waals surface area (Å²) in [6, 6.07) is 9.72. The van der Waals surface area contributed by atoms with E-state index in [-0.39, 0.29) is 28.8 Å². The fraction of sp³-hybridized carbons (Fsp3) is 0.111. The number of hydrogen-bond donors (Lipinski definition) is 0. The Morgan fingerprint density at radius 3 is 2.81 bits per heavy atom. The number of nitrogens with zero attached hydrogens (tertiary/aromatic N) is 4. The average molecular weight is 370 g/mol. The van der Waals surface area contributed by atoms with E-state index in [1.54, 1.807) is 30.6 Å². The molecule has 9 heteroatoms. The number of methoxy groups -OCH3 is 1. The molecular formula is C18H12F2N4O3. The largest absolute Gasteiger partial charge is 0.493 e. The van der Waals surface area contributed by atoms with Gasteiger partial charge in [0.15, 0.2) is 11.5 Å². The molecule has 0 aliphatic carbocycles. The number of ether oxygens (including phenoxy) is 2. The topological polar surface area (TPSA) is 94.1 Å². The van der Waals surface area contributed by atoms with Gasteiger partial charge in [0.25, 0.3) is 5.89 Å². The fourth-order valence-electron chi connectivity index (χ4n) is 2.22. The van der Waals surface area contributed by atoms with Gasteiger partial charge in [-0.25, -0.2) is 0 Å². The van der Waals surface area contributed by atoms with Crippen molar-refractivity contribution in [3.05, 3.63) is 54.2 Å². The normalized spacial score (nSPS) is 11.3. The molecule has 136 valence electrons. The van der Waals surface area contributed by atoms with Crippen LogP contribution in [0.2, 0.25) is 0 Å². The molecule has 0 N–H and O–H groups in total. The van der Waals surface area contributed by atoms with E-state index in [1.807, 2.05) is 6.07 Å². The first-order valence-corrected chi connectivity index (χ1v) is 7.60. The van der Waals surface area contributed by atoms with Gasteiger partial charge in [0, 0.05) is 18.0 Å². The molecule has 1 aromatic carbocycles. The lowest BCUT2D eigenvalue weighted by Crippen LogP contribution is -2.03. The number of nitriles is 1. The van der Waals surface area contributed by atoms with Crippen LogP contribution >= 0.6 is 0 Å². The molecule has 2 aromatic heterocycles. The summed E-state index contributed by atoms with van der Waals surface area (Å²) in [5.41, 5.74) is 1.30. The number of allylic oxidation sites excluding steroid dienone is 1. The van der Waals surface area contributed by atoms with Gasteiger partial charge >= 0.3 is 6.61 Å². The molecule has 3 aromatic rings. The molecule has 27 heavy (non-hydrogen) atoms. The van der Waals surface area contributed by atoms with E-state index in [2.05, 4.69) is 19.9 Å². The zero-order valence-corrected chi connectivity index (χ0v) is 14.0. The third-order valence-corrected chi connectivity index (χ3v) is 3.41. The Morgan fingerprint density at radius 2 is 2.15 bits per heavy atom. The molecule has 0 unspecified atom stereocenters. The lowest BCUT2D eigenvalue weighted by molar-refractivity contribution is -0.0512. The van der Waals surface area contributed by atoms with Crippen molar-refractivity contribution in [2.45, 2.75) is 6.61 Å². The van der Waals surface area contributed by atoms with Crippen LogP contribution in [0.15, 0.2) is 47.2 Å². The summed E-state index contributed by atoms with van der Waals surface area (Å²) in [6.07, 6.45) is 4.76. The van der Waals surface area contributed by atoms with Gasteiger partial charge in [0.1, 0.15) is 11.6 Å². The van der Waals surface area contributed by atoms with Crippen LogP contribution < -0.4 is 9.47 Å². The van der Waals surface area contributed by atoms with Gasteiger partial charge in [0.2, 0.25) is 5.82 Å². The molecule has 0 fully saturated rings. The Balaban J connectivity index is 1.91. The summed E-state index contributed by atoms with van der Waals surface area (Å²) in [7, 11) is 1.32. The Kier molecular flexibility index (Phi) is 5.37. The number of benzene rings is 1. The fourth-order valence-corrected chi connectivity index (χ4v) is 2.22. The minimum atomic E-state index is -2.97. The third-order valence-electron chi connectivity index (χ3n) is 3.41. The minimum absolute atomic E-state index is 0.0169. The third kappa shape index (κ3) is 4.24. The predicted molar refractivity (Wildman–Crippen MR) is 90.6 cm³/mol. The number of aromatic nitrogens is 3. The molecule has 0 bridgehead atoms. The van der Waals surface area contributed by atoms with Crippen molar-refractivity contribution in [3.63, 3.8) is 0 Å². The van der Waals surface area contributed by atoms with Crippen LogP contribution in [0.25, 0.3) is 23.0 Å². The molecule has 0 saturated carbocycles. The first-order chi connectivity index (χ1) is 13.1. The number of pyridine rings is 1. The number of halogens is 2. The second kappa shape index (κ2) is 8.05. The molecule has 0 spiro atoms. The van der Waals surface area contributed by atoms with Crippen molar-refractivity contribution in [2.24, 2.45) is 0 Å². The quantitative estimate of drug-likeness (QED) is 0.609. The average Bonchev–Trinajstić information content (AvgIpc) is 3.16. The Labute approximate surface area is 152 Å². The van der Waals surface area contributed by atoms with Crippen LogP contribution in [0.4, 0.5) is 8.78 Å². The molecule has 0 amide bonds. The van der Waals surface area contributed by atoms with Crippen molar-refractivity contribution in [1.29, 1.82) is 5.26 Å². The Bertz CT molecular complexity index is 997. The standard InChI is InChI=1S/C18H12F2N4O3/c1-25-15-8-12(4-5-14(15)26-18(19)20)16-23-17(27-24-16)13(9-21)7-11-3-2-6-22-10-11/h2-8,10,18H,1H3/b13-7-. The van der Waals surface area contributed by atoms with Crippen LogP contribution in [0.1, 0.15) is 11.5 Å². The zero-order valence-electron chi connectivity index (χ0n) is 14.0. The van der Waals surface area contributed by atoms with E-state index in [9.17, 15) is 14.0 Å². The lowest BCUT2D eigenvalue weighted by Gasteiger charge is -2.10. The highest BCUT2D eigenvalue weighted by atomic mass is 19.3. The summed E-state index contributed by atoms with van der Waals surface area (Å²) >= 11 is 0.